The van der Waals surface area contributed by atoms with E-state index in [1.165, 1.54) is 20.9 Å². The maximum Gasteiger partial charge on any atom is 0.265 e. The van der Waals surface area contributed by atoms with E-state index in [1.807, 2.05) is 49.5 Å². The van der Waals surface area contributed by atoms with E-state index in [4.69, 9.17) is 15.2 Å². The highest BCUT2D eigenvalue weighted by molar-refractivity contribution is 6.36. The summed E-state index contributed by atoms with van der Waals surface area (Å²) in [5, 5.41) is 2.94. The number of nitrogen functional groups attached to an aromatic ring is 1. The average molecular weight is 991 g/mol. The summed E-state index contributed by atoms with van der Waals surface area (Å²) in [5.41, 5.74) is 16.7. The third-order valence-corrected chi connectivity index (χ3v) is 15.1. The molecule has 382 valence electrons. The summed E-state index contributed by atoms with van der Waals surface area (Å²) in [6, 6.07) is 42.2. The first-order valence-corrected chi connectivity index (χ1v) is 26.2. The molecule has 2 aliphatic rings. The summed E-state index contributed by atoms with van der Waals surface area (Å²) in [6.45, 7) is 20.1. The SMILES string of the molecule is CCC(CC(C)c1ccc(COCCCN2C(=O)c3cccc4c(N)ccc(c34)C2=O)cc1)c1ccc(COCCN(C)c2ccc3c4c(cccc24)C(=O)N(c2cc(C(C)(C)C)ccc2C(C)(C)C)C3=O)cc1. The molecule has 0 spiro atoms. The van der Waals surface area contributed by atoms with Crippen molar-refractivity contribution in [1.82, 2.24) is 4.90 Å². The molecule has 2 aliphatic heterocycles. The molecule has 0 radical (unpaired) electrons. The number of nitrogens with two attached hydrogens (primary N) is 1. The normalized spacial score (nSPS) is 14.6. The van der Waals surface area contributed by atoms with Crippen molar-refractivity contribution in [1.29, 1.82) is 0 Å². The largest absolute Gasteiger partial charge is 0.398 e. The van der Waals surface area contributed by atoms with Crippen LogP contribution in [-0.2, 0) is 33.5 Å². The molecule has 0 saturated heterocycles. The fourth-order valence-corrected chi connectivity index (χ4v) is 10.8. The molecule has 0 saturated carbocycles. The minimum Gasteiger partial charge on any atom is -0.398 e. The summed E-state index contributed by atoms with van der Waals surface area (Å²) < 4.78 is 12.2. The van der Waals surface area contributed by atoms with Crippen molar-refractivity contribution in [2.75, 3.05) is 48.9 Å². The molecule has 9 rings (SSSR count). The Balaban J connectivity index is 0.743. The first-order valence-electron chi connectivity index (χ1n) is 26.2. The molecule has 7 aromatic rings. The average Bonchev–Trinajstić information content (AvgIpc) is 3.40. The highest BCUT2D eigenvalue weighted by Gasteiger charge is 2.38. The molecule has 2 unspecified atom stereocenters. The predicted octanol–water partition coefficient (Wildman–Crippen LogP) is 13.5. The standard InChI is InChI=1S/C64H70N4O6/c1-10-43(36-40(2)44-22-18-41(19-23-44)38-73-34-13-32-67-59(69)49-16-11-14-47-54(65)30-27-51(57(47)49)60(67)70)45-24-20-42(21-25-45)39-74-35-33-66(9)55-31-28-52-58-48(55)15-12-17-50(58)61(71)68(62(52)72)56-37-46(63(3,4)5)26-29-53(56)64(6,7)8/h11-12,14-31,37,40,43H,10,13,32-36,38-39,65H2,1-9H3. The Morgan fingerprint density at radius 3 is 1.78 bits per heavy atom. The summed E-state index contributed by atoms with van der Waals surface area (Å²) in [5.74, 6) is -0.421. The molecular weight excluding hydrogens is 921 g/mol. The lowest BCUT2D eigenvalue weighted by atomic mass is 9.80. The van der Waals surface area contributed by atoms with Gasteiger partial charge in [-0.2, -0.15) is 0 Å². The second-order valence-electron chi connectivity index (χ2n) is 22.3. The molecule has 10 heteroatoms. The van der Waals surface area contributed by atoms with Crippen LogP contribution in [0, 0.1) is 0 Å². The summed E-state index contributed by atoms with van der Waals surface area (Å²) in [7, 11) is 2.02. The van der Waals surface area contributed by atoms with Crippen LogP contribution < -0.4 is 15.5 Å². The van der Waals surface area contributed by atoms with Crippen LogP contribution in [0.3, 0.4) is 0 Å². The van der Waals surface area contributed by atoms with Crippen LogP contribution in [0.1, 0.15) is 161 Å². The molecule has 7 aromatic carbocycles. The number of likely N-dealkylation sites (N-methyl/N-ethyl adjacent to an activating group) is 1. The molecule has 4 amide bonds. The number of benzene rings is 7. The monoisotopic (exact) mass is 991 g/mol. The molecule has 0 fully saturated rings. The third kappa shape index (κ3) is 10.2. The zero-order chi connectivity index (χ0) is 52.6. The van der Waals surface area contributed by atoms with Gasteiger partial charge >= 0.3 is 0 Å². The van der Waals surface area contributed by atoms with Gasteiger partial charge in [0.15, 0.2) is 0 Å². The number of nitrogens with zero attached hydrogens (tertiary/aromatic N) is 3. The zero-order valence-corrected chi connectivity index (χ0v) is 44.5. The number of carbonyl (C=O) groups is 4. The van der Waals surface area contributed by atoms with Gasteiger partial charge in [-0.15, -0.1) is 0 Å². The van der Waals surface area contributed by atoms with Crippen molar-refractivity contribution >= 4 is 62.2 Å². The highest BCUT2D eigenvalue weighted by Crippen LogP contribution is 2.42. The summed E-state index contributed by atoms with van der Waals surface area (Å²) in [4.78, 5) is 60.4. The van der Waals surface area contributed by atoms with Gasteiger partial charge in [-0.05, 0) is 118 Å². The second-order valence-corrected chi connectivity index (χ2v) is 22.3. The number of imide groups is 2. The Morgan fingerprint density at radius 1 is 0.608 bits per heavy atom. The zero-order valence-electron chi connectivity index (χ0n) is 44.5. The van der Waals surface area contributed by atoms with Crippen molar-refractivity contribution in [3.63, 3.8) is 0 Å². The lowest BCUT2D eigenvalue weighted by Gasteiger charge is -2.34. The Labute approximate surface area is 436 Å². The first kappa shape index (κ1) is 51.7. The molecule has 2 heterocycles. The van der Waals surface area contributed by atoms with Crippen LogP contribution in [-0.4, -0.2) is 61.9 Å². The van der Waals surface area contributed by atoms with Crippen LogP contribution in [0.5, 0.6) is 0 Å². The van der Waals surface area contributed by atoms with Crippen molar-refractivity contribution in [2.45, 2.75) is 111 Å². The number of ether oxygens (including phenoxy) is 2. The van der Waals surface area contributed by atoms with Gasteiger partial charge in [0, 0.05) is 81.9 Å². The van der Waals surface area contributed by atoms with Crippen LogP contribution in [0.15, 0.2) is 127 Å². The number of anilines is 3. The fraction of sp³-hybridized carbons (Fsp3) is 0.344. The van der Waals surface area contributed by atoms with E-state index < -0.39 is 0 Å². The fourth-order valence-electron chi connectivity index (χ4n) is 10.8. The molecule has 0 aromatic heterocycles. The van der Waals surface area contributed by atoms with E-state index in [2.05, 4.69) is 121 Å². The number of carbonyl (C=O) groups excluding carboxylic acids is 4. The third-order valence-electron chi connectivity index (χ3n) is 15.1. The maximum absolute atomic E-state index is 14.4. The molecule has 0 aliphatic carbocycles. The van der Waals surface area contributed by atoms with E-state index in [0.29, 0.717) is 95.6 Å². The second kappa shape index (κ2) is 21.0. The van der Waals surface area contributed by atoms with Crippen LogP contribution in [0.25, 0.3) is 21.5 Å². The van der Waals surface area contributed by atoms with Crippen molar-refractivity contribution in [2.24, 2.45) is 0 Å². The van der Waals surface area contributed by atoms with Crippen LogP contribution in [0.4, 0.5) is 17.1 Å². The van der Waals surface area contributed by atoms with E-state index in [1.54, 1.807) is 24.3 Å². The maximum atomic E-state index is 14.4. The molecule has 0 bridgehead atoms. The molecule has 74 heavy (non-hydrogen) atoms. The van der Waals surface area contributed by atoms with E-state index in [0.717, 1.165) is 51.6 Å². The Morgan fingerprint density at radius 2 is 1.16 bits per heavy atom. The van der Waals surface area contributed by atoms with Crippen molar-refractivity contribution in [3.8, 4) is 0 Å². The Hall–Kier alpha value is -7.14. The number of hydrogen-bond acceptors (Lipinski definition) is 8. The molecule has 2 atom stereocenters. The lowest BCUT2D eigenvalue weighted by Crippen LogP contribution is -2.42. The van der Waals surface area contributed by atoms with E-state index >= 15 is 0 Å². The Bertz CT molecular complexity index is 3230. The smallest absolute Gasteiger partial charge is 0.265 e. The van der Waals surface area contributed by atoms with Gasteiger partial charge in [0.25, 0.3) is 23.6 Å². The molecular formula is C64H70N4O6. The lowest BCUT2D eigenvalue weighted by molar-refractivity contribution is 0.0576. The topological polar surface area (TPSA) is 122 Å². The minimum absolute atomic E-state index is 0.162. The van der Waals surface area contributed by atoms with Gasteiger partial charge < -0.3 is 20.1 Å². The number of rotatable bonds is 18. The predicted molar refractivity (Wildman–Crippen MR) is 299 cm³/mol. The van der Waals surface area contributed by atoms with Crippen LogP contribution >= 0.6 is 0 Å². The van der Waals surface area contributed by atoms with Gasteiger partial charge in [-0.3, -0.25) is 24.1 Å². The first-order chi connectivity index (χ1) is 35.3. The Kier molecular flexibility index (Phi) is 14.7. The van der Waals surface area contributed by atoms with Gasteiger partial charge in [0.1, 0.15) is 0 Å². The number of amides is 4. The van der Waals surface area contributed by atoms with Crippen LogP contribution in [0.2, 0.25) is 0 Å². The van der Waals surface area contributed by atoms with Crippen molar-refractivity contribution in [3.05, 3.63) is 183 Å². The van der Waals surface area contributed by atoms with E-state index in [-0.39, 0.29) is 41.0 Å². The molecule has 10 nitrogen and oxygen atoms in total. The highest BCUT2D eigenvalue weighted by atomic mass is 16.5. The van der Waals surface area contributed by atoms with E-state index in [9.17, 15) is 19.2 Å². The van der Waals surface area contributed by atoms with Gasteiger partial charge in [-0.1, -0.05) is 140 Å². The van der Waals surface area contributed by atoms with Gasteiger partial charge in [0.2, 0.25) is 0 Å². The number of hydrogen-bond donors (Lipinski definition) is 1. The van der Waals surface area contributed by atoms with Gasteiger partial charge in [-0.25, -0.2) is 4.90 Å². The summed E-state index contributed by atoms with van der Waals surface area (Å²) in [6.07, 6.45) is 2.59. The summed E-state index contributed by atoms with van der Waals surface area (Å²) >= 11 is 0. The quantitative estimate of drug-likeness (QED) is 0.0512. The minimum atomic E-state index is -0.301. The van der Waals surface area contributed by atoms with Crippen molar-refractivity contribution < 1.29 is 28.7 Å². The molecule has 2 N–H and O–H groups in total. The van der Waals surface area contributed by atoms with Gasteiger partial charge in [0.05, 0.1) is 25.5 Å².